The predicted molar refractivity (Wildman–Crippen MR) is 182 cm³/mol. The number of rotatable bonds is 4. The Kier molecular flexibility index (Phi) is 11.7. The summed E-state index contributed by atoms with van der Waals surface area (Å²) in [6.45, 7) is 9.22. The molecule has 0 radical (unpaired) electrons. The second kappa shape index (κ2) is 16.1. The number of hydrogen-bond donors (Lipinski definition) is 1. The second-order valence-corrected chi connectivity index (χ2v) is 14.9. The largest absolute Gasteiger partial charge is 0.491 e. The normalized spacial score (nSPS) is 26.9. The van der Waals surface area contributed by atoms with Crippen LogP contribution in [0.5, 0.6) is 5.75 Å². The molecule has 4 atom stereocenters. The van der Waals surface area contributed by atoms with E-state index < -0.39 is 10.6 Å². The average Bonchev–Trinajstić information content (AvgIpc) is 3.06. The maximum atomic E-state index is 13.3. The van der Waals surface area contributed by atoms with E-state index in [1.807, 2.05) is 18.2 Å². The Balaban J connectivity index is 1.34. The van der Waals surface area contributed by atoms with E-state index in [2.05, 4.69) is 45.4 Å². The van der Waals surface area contributed by atoms with Crippen molar-refractivity contribution in [3.05, 3.63) is 70.3 Å². The fraction of sp³-hybridized carbons (Fsp3) is 0.583. The molecule has 0 aromatic heterocycles. The van der Waals surface area contributed by atoms with Gasteiger partial charge in [0.2, 0.25) is 0 Å². The van der Waals surface area contributed by atoms with Gasteiger partial charge in [-0.05, 0) is 108 Å². The summed E-state index contributed by atoms with van der Waals surface area (Å²) in [7, 11) is -1.49. The zero-order valence-corrected chi connectivity index (χ0v) is 28.5. The van der Waals surface area contributed by atoms with E-state index in [1.165, 1.54) is 11.1 Å². The fourth-order valence-corrected chi connectivity index (χ4v) is 8.30. The molecule has 1 amide bonds. The average molecular weight is 670 g/mol. The van der Waals surface area contributed by atoms with Crippen molar-refractivity contribution in [3.63, 3.8) is 0 Å². The fourth-order valence-electron chi connectivity index (χ4n) is 7.04. The minimum Gasteiger partial charge on any atom is -0.491 e. The van der Waals surface area contributed by atoms with Crippen LogP contribution >= 0.6 is 11.6 Å². The molecular weight excluding hydrogens is 622 g/mol. The molecule has 1 saturated heterocycles. The smallest absolute Gasteiger partial charge is 0.398 e. The van der Waals surface area contributed by atoms with Gasteiger partial charge in [-0.3, -0.25) is 9.26 Å². The van der Waals surface area contributed by atoms with Gasteiger partial charge in [0.25, 0.3) is 0 Å². The second-order valence-electron chi connectivity index (χ2n) is 13.3. The molecule has 8 nitrogen and oxygen atoms in total. The molecular formula is C36H48ClN3O5S. The number of benzene rings is 2. The van der Waals surface area contributed by atoms with Gasteiger partial charge in [0, 0.05) is 37.7 Å². The van der Waals surface area contributed by atoms with Crippen LogP contribution in [0.4, 0.5) is 5.69 Å². The van der Waals surface area contributed by atoms with Crippen molar-refractivity contribution in [2.24, 2.45) is 17.8 Å². The first-order valence-corrected chi connectivity index (χ1v) is 18.7. The number of nitrogens with zero attached hydrogens (tertiary/aromatic N) is 2. The monoisotopic (exact) mass is 669 g/mol. The third-order valence-electron chi connectivity index (χ3n) is 9.87. The summed E-state index contributed by atoms with van der Waals surface area (Å²) in [5, 5.41) is 0.752. The number of halogens is 1. The summed E-state index contributed by atoms with van der Waals surface area (Å²) in [6.07, 6.45) is 10.4. The van der Waals surface area contributed by atoms with Gasteiger partial charge in [0.05, 0.1) is 43.8 Å². The summed E-state index contributed by atoms with van der Waals surface area (Å²) in [4.78, 5) is 18.2. The van der Waals surface area contributed by atoms with Gasteiger partial charge in [0.1, 0.15) is 5.75 Å². The Labute approximate surface area is 280 Å². The molecule has 46 heavy (non-hydrogen) atoms. The zero-order chi connectivity index (χ0) is 31.9. The van der Waals surface area contributed by atoms with Crippen molar-refractivity contribution in [1.82, 2.24) is 4.90 Å². The standard InChI is InChI=1S/C36H48ClN3O5S/c1-26-5-4-7-34(45-20-16-39-14-18-43-19-15-39)32-12-9-30(32)24-40-23-29-8-11-31(37)21-27(29)6-2-3-17-44-35-13-10-28(22-33(35)40)36(41)38-46(42)25-26/h4,7-8,10-11,13,21-22,26,30,32,34,38H,2-3,5-6,9,12,14-20,23-25H2,1H3. The van der Waals surface area contributed by atoms with Crippen LogP contribution in [0, 0.1) is 17.8 Å². The van der Waals surface area contributed by atoms with Gasteiger partial charge in [0.15, 0.2) is 0 Å². The lowest BCUT2D eigenvalue weighted by molar-refractivity contribution is -0.316. The molecule has 3 heterocycles. The SMILES string of the molecule is CC1CC=CC(OCCN2CCOCC2)C2CCC2CN2Cc3ccc(Cl)cc3CCCCOc3ccc(cc32)C(=O)[NH+]=[S-](=O)C1. The van der Waals surface area contributed by atoms with Gasteiger partial charge in [-0.2, -0.15) is 0 Å². The number of fused-ring (bicyclic) bond motifs is 3. The van der Waals surface area contributed by atoms with E-state index in [1.54, 1.807) is 6.07 Å². The van der Waals surface area contributed by atoms with Gasteiger partial charge in [-0.1, -0.05) is 42.7 Å². The molecule has 4 unspecified atom stereocenters. The number of hydrogen-bond acceptors (Lipinski definition) is 8. The molecule has 1 saturated carbocycles. The number of carbonyl (C=O) groups is 1. The highest BCUT2D eigenvalue weighted by atomic mass is 35.5. The highest BCUT2D eigenvalue weighted by Crippen LogP contribution is 2.42. The Morgan fingerprint density at radius 1 is 1.07 bits per heavy atom. The van der Waals surface area contributed by atoms with Crippen molar-refractivity contribution in [2.45, 2.75) is 58.1 Å². The molecule has 2 aromatic rings. The number of nitrogens with one attached hydrogen (secondary N) is 1. The summed E-state index contributed by atoms with van der Waals surface area (Å²) in [6, 6.07) is 11.8. The van der Waals surface area contributed by atoms with Crippen molar-refractivity contribution in [2.75, 3.05) is 63.3 Å². The molecule has 0 spiro atoms. The van der Waals surface area contributed by atoms with Gasteiger partial charge in [-0.25, -0.2) is 4.79 Å². The summed E-state index contributed by atoms with van der Waals surface area (Å²) in [5.74, 6) is 1.80. The van der Waals surface area contributed by atoms with Crippen LogP contribution in [0.3, 0.4) is 0 Å². The van der Waals surface area contributed by atoms with Crippen LogP contribution in [0.1, 0.15) is 60.5 Å². The molecule has 3 aliphatic heterocycles. The lowest BCUT2D eigenvalue weighted by atomic mass is 9.70. The van der Waals surface area contributed by atoms with Crippen LogP contribution in [0.2, 0.25) is 5.02 Å². The maximum absolute atomic E-state index is 13.3. The molecule has 4 aliphatic rings. The lowest BCUT2D eigenvalue weighted by Crippen LogP contribution is -2.73. The van der Waals surface area contributed by atoms with E-state index in [-0.39, 0.29) is 17.9 Å². The molecule has 6 rings (SSSR count). The van der Waals surface area contributed by atoms with E-state index in [9.17, 15) is 9.00 Å². The number of ether oxygens (including phenoxy) is 3. The van der Waals surface area contributed by atoms with Crippen molar-refractivity contribution >= 4 is 33.8 Å². The first-order chi connectivity index (χ1) is 22.4. The molecule has 1 N–H and O–H groups in total. The predicted octanol–water partition coefficient (Wildman–Crippen LogP) is 4.77. The third kappa shape index (κ3) is 8.72. The van der Waals surface area contributed by atoms with Crippen molar-refractivity contribution < 1.29 is 27.6 Å². The van der Waals surface area contributed by atoms with E-state index in [4.69, 9.17) is 25.8 Å². The Bertz CT molecular complexity index is 1470. The van der Waals surface area contributed by atoms with Gasteiger partial charge < -0.3 is 23.3 Å². The van der Waals surface area contributed by atoms with E-state index in [0.29, 0.717) is 42.9 Å². The lowest BCUT2D eigenvalue weighted by Gasteiger charge is -2.44. The Hall–Kier alpha value is -2.43. The van der Waals surface area contributed by atoms with Crippen LogP contribution in [0.25, 0.3) is 0 Å². The zero-order valence-electron chi connectivity index (χ0n) is 27.0. The minimum atomic E-state index is -1.49. The number of morpholine rings is 1. The maximum Gasteiger partial charge on any atom is 0.398 e. The summed E-state index contributed by atoms with van der Waals surface area (Å²) >= 11 is 6.47. The molecule has 2 bridgehead atoms. The topological polar surface area (TPSA) is 82.3 Å². The first-order valence-electron chi connectivity index (χ1n) is 17.0. The minimum absolute atomic E-state index is 0.0159. The molecule has 250 valence electrons. The molecule has 2 aromatic carbocycles. The van der Waals surface area contributed by atoms with Crippen LogP contribution < -0.4 is 14.0 Å². The van der Waals surface area contributed by atoms with Crippen molar-refractivity contribution in [3.8, 4) is 5.75 Å². The third-order valence-corrected chi connectivity index (χ3v) is 11.4. The Morgan fingerprint density at radius 3 is 2.76 bits per heavy atom. The van der Waals surface area contributed by atoms with Crippen LogP contribution in [-0.4, -0.2) is 75.3 Å². The van der Waals surface area contributed by atoms with Gasteiger partial charge in [-0.15, -0.1) is 0 Å². The van der Waals surface area contributed by atoms with Crippen LogP contribution in [0.15, 0.2) is 48.6 Å². The first kappa shape index (κ1) is 33.5. The molecule has 1 aliphatic carbocycles. The highest BCUT2D eigenvalue weighted by Gasteiger charge is 2.38. The number of carbonyl (C=O) groups excluding carboxylic acids is 1. The Morgan fingerprint density at radius 2 is 1.93 bits per heavy atom. The number of allylic oxidation sites excluding steroid dienone is 1. The highest BCUT2D eigenvalue weighted by molar-refractivity contribution is 7.72. The summed E-state index contributed by atoms with van der Waals surface area (Å²) < 4.78 is 34.3. The quantitative estimate of drug-likeness (QED) is 0.371. The van der Waals surface area contributed by atoms with Crippen LogP contribution in [-0.2, 0) is 37.2 Å². The summed E-state index contributed by atoms with van der Waals surface area (Å²) in [5.41, 5.74) is 3.89. The van der Waals surface area contributed by atoms with E-state index in [0.717, 1.165) is 94.4 Å². The molecule has 2 fully saturated rings. The van der Waals surface area contributed by atoms with E-state index >= 15 is 0 Å². The number of aryl methyl sites for hydroxylation is 1. The number of anilines is 1. The number of amides is 1. The van der Waals surface area contributed by atoms with Gasteiger partial charge >= 0.3 is 5.91 Å². The van der Waals surface area contributed by atoms with Crippen molar-refractivity contribution in [1.29, 1.82) is 0 Å². The molecule has 10 heteroatoms.